The third-order valence-electron chi connectivity index (χ3n) is 3.38. The Morgan fingerprint density at radius 1 is 1.55 bits per heavy atom. The zero-order chi connectivity index (χ0) is 14.7. The number of rotatable bonds is 4. The van der Waals surface area contributed by atoms with Gasteiger partial charge in [0.25, 0.3) is 0 Å². The van der Waals surface area contributed by atoms with Crippen molar-refractivity contribution in [3.8, 4) is 0 Å². The molecule has 1 amide bonds. The van der Waals surface area contributed by atoms with Gasteiger partial charge in [-0.3, -0.25) is 14.5 Å². The molecule has 1 aliphatic heterocycles. The number of carbonyl (C=O) groups is 2. The molecule has 6 heteroatoms. The standard InChI is InChI=1S/C14H17FN2O3/c1-9-2-3-11(15)10(6-9)8-17-5-4-16-14(20)12(17)7-13(18)19/h2-3,6,12H,4-5,7-8H2,1H3,(H,16,20)(H,18,19). The number of amides is 1. The Labute approximate surface area is 116 Å². The lowest BCUT2D eigenvalue weighted by Crippen LogP contribution is -2.55. The van der Waals surface area contributed by atoms with Gasteiger partial charge in [-0.05, 0) is 13.0 Å². The number of aliphatic carboxylic acids is 1. The second-order valence-corrected chi connectivity index (χ2v) is 4.97. The first-order chi connectivity index (χ1) is 9.47. The highest BCUT2D eigenvalue weighted by atomic mass is 19.1. The predicted molar refractivity (Wildman–Crippen MR) is 70.6 cm³/mol. The van der Waals surface area contributed by atoms with Gasteiger partial charge in [-0.25, -0.2) is 4.39 Å². The highest BCUT2D eigenvalue weighted by Crippen LogP contribution is 2.17. The van der Waals surface area contributed by atoms with Crippen molar-refractivity contribution in [2.24, 2.45) is 0 Å². The Kier molecular flexibility index (Phi) is 4.34. The first-order valence-electron chi connectivity index (χ1n) is 6.46. The minimum absolute atomic E-state index is 0.235. The van der Waals surface area contributed by atoms with Gasteiger partial charge in [-0.2, -0.15) is 0 Å². The van der Waals surface area contributed by atoms with Crippen molar-refractivity contribution in [2.75, 3.05) is 13.1 Å². The molecule has 0 bridgehead atoms. The van der Waals surface area contributed by atoms with Crippen LogP contribution < -0.4 is 5.32 Å². The van der Waals surface area contributed by atoms with Gasteiger partial charge >= 0.3 is 5.97 Å². The third kappa shape index (κ3) is 3.33. The molecule has 1 unspecified atom stereocenters. The number of hydrogen-bond donors (Lipinski definition) is 2. The van der Waals surface area contributed by atoms with Crippen LogP contribution in [0.15, 0.2) is 18.2 Å². The molecule has 0 aliphatic carbocycles. The van der Waals surface area contributed by atoms with Crippen LogP contribution in [0.1, 0.15) is 17.5 Å². The second-order valence-electron chi connectivity index (χ2n) is 4.97. The number of halogens is 1. The number of hydrogen-bond acceptors (Lipinski definition) is 3. The zero-order valence-electron chi connectivity index (χ0n) is 11.2. The molecule has 1 aromatic rings. The first-order valence-corrected chi connectivity index (χ1v) is 6.46. The lowest BCUT2D eigenvalue weighted by atomic mass is 10.1. The summed E-state index contributed by atoms with van der Waals surface area (Å²) >= 11 is 0. The summed E-state index contributed by atoms with van der Waals surface area (Å²) in [6.45, 7) is 3.05. The van der Waals surface area contributed by atoms with Crippen LogP contribution in [0, 0.1) is 12.7 Å². The van der Waals surface area contributed by atoms with Crippen LogP contribution in [0.5, 0.6) is 0 Å². The molecule has 108 valence electrons. The number of nitrogens with one attached hydrogen (secondary N) is 1. The van der Waals surface area contributed by atoms with Gasteiger partial charge in [-0.15, -0.1) is 0 Å². The van der Waals surface area contributed by atoms with E-state index in [2.05, 4.69) is 5.32 Å². The summed E-state index contributed by atoms with van der Waals surface area (Å²) in [7, 11) is 0. The van der Waals surface area contributed by atoms with E-state index >= 15 is 0 Å². The smallest absolute Gasteiger partial charge is 0.305 e. The van der Waals surface area contributed by atoms with E-state index in [1.165, 1.54) is 6.07 Å². The lowest BCUT2D eigenvalue weighted by Gasteiger charge is -2.34. The Bertz CT molecular complexity index is 533. The van der Waals surface area contributed by atoms with Crippen LogP contribution >= 0.6 is 0 Å². The maximum atomic E-state index is 13.8. The van der Waals surface area contributed by atoms with E-state index in [-0.39, 0.29) is 24.7 Å². The Hall–Kier alpha value is -1.95. The number of carbonyl (C=O) groups excluding carboxylic acids is 1. The highest BCUT2D eigenvalue weighted by molar-refractivity contribution is 5.86. The molecule has 1 aromatic carbocycles. The topological polar surface area (TPSA) is 69.6 Å². The Balaban J connectivity index is 2.18. The summed E-state index contributed by atoms with van der Waals surface area (Å²) in [5.41, 5.74) is 1.41. The molecule has 1 heterocycles. The quantitative estimate of drug-likeness (QED) is 0.860. The normalized spacial score (nSPS) is 19.7. The van der Waals surface area contributed by atoms with Crippen molar-refractivity contribution >= 4 is 11.9 Å². The van der Waals surface area contributed by atoms with E-state index < -0.39 is 12.0 Å². The molecule has 2 N–H and O–H groups in total. The summed E-state index contributed by atoms with van der Waals surface area (Å²) in [5, 5.41) is 11.5. The molecule has 0 spiro atoms. The molecule has 1 saturated heterocycles. The van der Waals surface area contributed by atoms with Crippen molar-refractivity contribution in [1.29, 1.82) is 0 Å². The lowest BCUT2D eigenvalue weighted by molar-refractivity contribution is -0.143. The van der Waals surface area contributed by atoms with Gasteiger partial charge in [0.1, 0.15) is 11.9 Å². The molecule has 0 saturated carbocycles. The third-order valence-corrected chi connectivity index (χ3v) is 3.38. The molecule has 5 nitrogen and oxygen atoms in total. The van der Waals surface area contributed by atoms with E-state index in [0.717, 1.165) is 5.56 Å². The molecule has 0 radical (unpaired) electrons. The molecule has 2 rings (SSSR count). The van der Waals surface area contributed by atoms with Gasteiger partial charge in [0.05, 0.1) is 6.42 Å². The Morgan fingerprint density at radius 3 is 3.00 bits per heavy atom. The number of nitrogens with zero attached hydrogens (tertiary/aromatic N) is 1. The summed E-state index contributed by atoms with van der Waals surface area (Å²) in [6, 6.07) is 4.04. The van der Waals surface area contributed by atoms with Crippen molar-refractivity contribution < 1.29 is 19.1 Å². The van der Waals surface area contributed by atoms with Crippen molar-refractivity contribution in [1.82, 2.24) is 10.2 Å². The average molecular weight is 280 g/mol. The monoisotopic (exact) mass is 280 g/mol. The van der Waals surface area contributed by atoms with Crippen LogP contribution in [0.4, 0.5) is 4.39 Å². The molecule has 0 aromatic heterocycles. The number of carboxylic acid groups (broad SMARTS) is 1. The summed E-state index contributed by atoms with van der Waals surface area (Å²) < 4.78 is 13.8. The van der Waals surface area contributed by atoms with Crippen LogP contribution in [0.3, 0.4) is 0 Å². The summed E-state index contributed by atoms with van der Waals surface area (Å²) in [4.78, 5) is 24.3. The number of piperazine rings is 1. The molecular formula is C14H17FN2O3. The van der Waals surface area contributed by atoms with Crippen molar-refractivity contribution in [3.05, 3.63) is 35.1 Å². The molecule has 1 aliphatic rings. The van der Waals surface area contributed by atoms with E-state index in [9.17, 15) is 14.0 Å². The van der Waals surface area contributed by atoms with E-state index in [0.29, 0.717) is 18.7 Å². The number of aryl methyl sites for hydroxylation is 1. The maximum Gasteiger partial charge on any atom is 0.305 e. The molecule has 1 fully saturated rings. The maximum absolute atomic E-state index is 13.8. The fraction of sp³-hybridized carbons (Fsp3) is 0.429. The van der Waals surface area contributed by atoms with Gasteiger partial charge in [-0.1, -0.05) is 17.7 Å². The summed E-state index contributed by atoms with van der Waals surface area (Å²) in [5.74, 6) is -1.69. The van der Waals surface area contributed by atoms with Crippen molar-refractivity contribution in [3.63, 3.8) is 0 Å². The highest BCUT2D eigenvalue weighted by Gasteiger charge is 2.31. The fourth-order valence-electron chi connectivity index (χ4n) is 2.38. The van der Waals surface area contributed by atoms with E-state index in [1.807, 2.05) is 6.92 Å². The van der Waals surface area contributed by atoms with E-state index in [1.54, 1.807) is 17.0 Å². The van der Waals surface area contributed by atoms with Gasteiger partial charge < -0.3 is 10.4 Å². The summed E-state index contributed by atoms with van der Waals surface area (Å²) in [6.07, 6.45) is -0.279. The largest absolute Gasteiger partial charge is 0.481 e. The minimum atomic E-state index is -1.04. The second kappa shape index (κ2) is 6.00. The van der Waals surface area contributed by atoms with Crippen molar-refractivity contribution in [2.45, 2.75) is 25.9 Å². The molecule has 20 heavy (non-hydrogen) atoms. The average Bonchev–Trinajstić information content (AvgIpc) is 2.37. The van der Waals surface area contributed by atoms with Gasteiger partial charge in [0, 0.05) is 25.2 Å². The zero-order valence-corrected chi connectivity index (χ0v) is 11.2. The molecular weight excluding hydrogens is 263 g/mol. The van der Waals surface area contributed by atoms with Gasteiger partial charge in [0.15, 0.2) is 0 Å². The van der Waals surface area contributed by atoms with Crippen LogP contribution in [0.25, 0.3) is 0 Å². The van der Waals surface area contributed by atoms with Crippen LogP contribution in [0.2, 0.25) is 0 Å². The van der Waals surface area contributed by atoms with Crippen LogP contribution in [-0.4, -0.2) is 41.0 Å². The molecule has 1 atom stereocenters. The number of carboxylic acids is 1. The first kappa shape index (κ1) is 14.5. The minimum Gasteiger partial charge on any atom is -0.481 e. The van der Waals surface area contributed by atoms with E-state index in [4.69, 9.17) is 5.11 Å². The Morgan fingerprint density at radius 2 is 2.30 bits per heavy atom. The SMILES string of the molecule is Cc1ccc(F)c(CN2CCNC(=O)C2CC(=O)O)c1. The van der Waals surface area contributed by atoms with Gasteiger partial charge in [0.2, 0.25) is 5.91 Å². The number of benzene rings is 1. The fourth-order valence-corrected chi connectivity index (χ4v) is 2.38. The predicted octanol–water partition coefficient (Wildman–Crippen LogP) is 0.909. The van der Waals surface area contributed by atoms with Crippen LogP contribution in [-0.2, 0) is 16.1 Å².